The van der Waals surface area contributed by atoms with E-state index in [1.54, 1.807) is 7.11 Å². The second-order valence-corrected chi connectivity index (χ2v) is 5.92. The number of benzene rings is 1. The monoisotopic (exact) mass is 297 g/mol. The number of nitrogens with one attached hydrogen (secondary N) is 2. The smallest absolute Gasteiger partial charge is 0.278 e. The van der Waals surface area contributed by atoms with Crippen molar-refractivity contribution in [2.45, 2.75) is 38.4 Å². The predicted molar refractivity (Wildman–Crippen MR) is 79.2 cm³/mol. The molecule has 0 bridgehead atoms. The summed E-state index contributed by atoms with van der Waals surface area (Å²) in [5, 5.41) is 3.73. The van der Waals surface area contributed by atoms with Gasteiger partial charge in [-0.3, -0.25) is 4.79 Å². The molecule has 1 aliphatic rings. The average molecular weight is 298 g/mol. The number of quaternary nitrogens is 1. The van der Waals surface area contributed by atoms with Gasteiger partial charge in [0.25, 0.3) is 5.91 Å². The van der Waals surface area contributed by atoms with Gasteiger partial charge in [0.1, 0.15) is 12.3 Å². The van der Waals surface area contributed by atoms with E-state index in [0.29, 0.717) is 17.6 Å². The summed E-state index contributed by atoms with van der Waals surface area (Å²) in [5.41, 5.74) is 1.02. The quantitative estimate of drug-likeness (QED) is 0.824. The Morgan fingerprint density at radius 3 is 2.85 bits per heavy atom. The Hall–Kier alpha value is -1.26. The van der Waals surface area contributed by atoms with Gasteiger partial charge < -0.3 is 15.0 Å². The van der Waals surface area contributed by atoms with E-state index < -0.39 is 0 Å². The van der Waals surface area contributed by atoms with E-state index in [1.807, 2.05) is 32.2 Å². The second kappa shape index (κ2) is 6.46. The number of rotatable bonds is 6. The SMILES string of the molecule is COc1ccc(Cl)cc1C[NH+](C)[C@H](C)C(=O)NC1CC1. The molecule has 2 atom stereocenters. The molecule has 0 radical (unpaired) electrons. The minimum absolute atomic E-state index is 0.0979. The van der Waals surface area contributed by atoms with E-state index in [-0.39, 0.29) is 11.9 Å². The molecule has 4 nitrogen and oxygen atoms in total. The highest BCUT2D eigenvalue weighted by Crippen LogP contribution is 2.22. The minimum Gasteiger partial charge on any atom is -0.496 e. The summed E-state index contributed by atoms with van der Waals surface area (Å²) in [7, 11) is 3.66. The van der Waals surface area contributed by atoms with Crippen molar-refractivity contribution in [1.29, 1.82) is 0 Å². The molecule has 110 valence electrons. The highest BCUT2D eigenvalue weighted by molar-refractivity contribution is 6.30. The van der Waals surface area contributed by atoms with E-state index in [2.05, 4.69) is 5.32 Å². The van der Waals surface area contributed by atoms with Crippen molar-refractivity contribution in [3.63, 3.8) is 0 Å². The first kappa shape index (κ1) is 15.1. The maximum atomic E-state index is 12.1. The first-order chi connectivity index (χ1) is 9.51. The van der Waals surface area contributed by atoms with Crippen LogP contribution in [-0.4, -0.2) is 32.1 Å². The van der Waals surface area contributed by atoms with Gasteiger partial charge in [-0.05, 0) is 38.0 Å². The zero-order chi connectivity index (χ0) is 14.7. The van der Waals surface area contributed by atoms with E-state index >= 15 is 0 Å². The minimum atomic E-state index is -0.0979. The summed E-state index contributed by atoms with van der Waals surface area (Å²) >= 11 is 6.03. The second-order valence-electron chi connectivity index (χ2n) is 5.48. The fourth-order valence-electron chi connectivity index (χ4n) is 2.12. The lowest BCUT2D eigenvalue weighted by Crippen LogP contribution is -3.12. The molecule has 5 heteroatoms. The number of halogens is 1. The molecule has 1 aliphatic carbocycles. The molecule has 0 saturated heterocycles. The maximum Gasteiger partial charge on any atom is 0.278 e. The fraction of sp³-hybridized carbons (Fsp3) is 0.533. The number of hydrogen-bond acceptors (Lipinski definition) is 2. The van der Waals surface area contributed by atoms with Crippen molar-refractivity contribution >= 4 is 17.5 Å². The van der Waals surface area contributed by atoms with E-state index in [0.717, 1.165) is 29.1 Å². The third-order valence-electron chi connectivity index (χ3n) is 3.77. The van der Waals surface area contributed by atoms with Gasteiger partial charge in [0.2, 0.25) is 0 Å². The first-order valence-electron chi connectivity index (χ1n) is 6.96. The van der Waals surface area contributed by atoms with Gasteiger partial charge in [0.15, 0.2) is 6.04 Å². The number of ether oxygens (including phenoxy) is 1. The number of carbonyl (C=O) groups is 1. The van der Waals surface area contributed by atoms with Gasteiger partial charge in [-0.25, -0.2) is 0 Å². The molecular formula is C15H22ClN2O2+. The summed E-state index contributed by atoms with van der Waals surface area (Å²) in [6.45, 7) is 2.65. The topological polar surface area (TPSA) is 42.8 Å². The molecule has 0 heterocycles. The van der Waals surface area contributed by atoms with Gasteiger partial charge >= 0.3 is 0 Å². The van der Waals surface area contributed by atoms with Crippen LogP contribution in [0.3, 0.4) is 0 Å². The van der Waals surface area contributed by atoms with Crippen LogP contribution in [0.15, 0.2) is 18.2 Å². The Morgan fingerprint density at radius 1 is 1.55 bits per heavy atom. The molecule has 2 rings (SSSR count). The molecule has 0 aliphatic heterocycles. The van der Waals surface area contributed by atoms with Crippen LogP contribution in [0.1, 0.15) is 25.3 Å². The van der Waals surface area contributed by atoms with Gasteiger partial charge in [-0.1, -0.05) is 11.6 Å². The van der Waals surface area contributed by atoms with E-state index in [1.165, 1.54) is 0 Å². The van der Waals surface area contributed by atoms with Gasteiger partial charge in [0, 0.05) is 16.6 Å². The molecule has 20 heavy (non-hydrogen) atoms. The zero-order valence-electron chi connectivity index (χ0n) is 12.2. The molecule has 0 spiro atoms. The lowest BCUT2D eigenvalue weighted by atomic mass is 10.1. The van der Waals surface area contributed by atoms with Crippen LogP contribution >= 0.6 is 11.6 Å². The van der Waals surface area contributed by atoms with Crippen LogP contribution in [0.4, 0.5) is 0 Å². The molecule has 1 unspecified atom stereocenters. The summed E-state index contributed by atoms with van der Waals surface area (Å²) < 4.78 is 5.34. The largest absolute Gasteiger partial charge is 0.496 e. The summed E-state index contributed by atoms with van der Waals surface area (Å²) in [5.74, 6) is 0.926. The van der Waals surface area contributed by atoms with Crippen molar-refractivity contribution in [3.05, 3.63) is 28.8 Å². The number of carbonyl (C=O) groups excluding carboxylic acids is 1. The highest BCUT2D eigenvalue weighted by atomic mass is 35.5. The molecule has 1 aromatic rings. The van der Waals surface area contributed by atoms with Crippen LogP contribution in [0, 0.1) is 0 Å². The van der Waals surface area contributed by atoms with Crippen LogP contribution in [0.2, 0.25) is 5.02 Å². The Labute approximate surface area is 125 Å². The van der Waals surface area contributed by atoms with Crippen molar-refractivity contribution in [2.75, 3.05) is 14.2 Å². The molecule has 1 saturated carbocycles. The lowest BCUT2D eigenvalue weighted by molar-refractivity contribution is -0.908. The zero-order valence-corrected chi connectivity index (χ0v) is 13.0. The number of likely N-dealkylation sites (N-methyl/N-ethyl adjacent to an activating group) is 1. The van der Waals surface area contributed by atoms with Gasteiger partial charge in [0.05, 0.1) is 14.2 Å². The standard InChI is InChI=1S/C15H21ClN2O2/c1-10(15(19)17-13-5-6-13)18(2)9-11-8-12(16)4-7-14(11)20-3/h4,7-8,10,13H,5-6,9H2,1-3H3,(H,17,19)/p+1/t10-/m1/s1. The molecule has 1 aromatic carbocycles. The normalized spacial score (nSPS) is 17.4. The summed E-state index contributed by atoms with van der Waals surface area (Å²) in [6, 6.07) is 5.87. The maximum absolute atomic E-state index is 12.1. The Morgan fingerprint density at radius 2 is 2.25 bits per heavy atom. The third-order valence-corrected chi connectivity index (χ3v) is 4.00. The van der Waals surface area contributed by atoms with Crippen LogP contribution in [0.5, 0.6) is 5.75 Å². The van der Waals surface area contributed by atoms with Crippen molar-refractivity contribution in [2.24, 2.45) is 0 Å². The predicted octanol–water partition coefficient (Wildman–Crippen LogP) is 1.03. The summed E-state index contributed by atoms with van der Waals surface area (Å²) in [4.78, 5) is 13.2. The Kier molecular flexibility index (Phi) is 4.89. The molecule has 1 fully saturated rings. The number of hydrogen-bond donors (Lipinski definition) is 2. The lowest BCUT2D eigenvalue weighted by Gasteiger charge is -2.22. The van der Waals surface area contributed by atoms with Crippen LogP contribution in [-0.2, 0) is 11.3 Å². The molecule has 2 N–H and O–H groups in total. The number of methoxy groups -OCH3 is 1. The molecule has 0 aromatic heterocycles. The summed E-state index contributed by atoms with van der Waals surface area (Å²) in [6.07, 6.45) is 2.22. The molecule has 1 amide bonds. The average Bonchev–Trinajstić information content (AvgIpc) is 3.22. The highest BCUT2D eigenvalue weighted by Gasteiger charge is 2.29. The molecular weight excluding hydrogens is 276 g/mol. The number of amides is 1. The Balaban J connectivity index is 2.00. The van der Waals surface area contributed by atoms with Crippen molar-refractivity contribution in [1.82, 2.24) is 5.32 Å². The van der Waals surface area contributed by atoms with Crippen molar-refractivity contribution < 1.29 is 14.4 Å². The van der Waals surface area contributed by atoms with Gasteiger partial charge in [-0.2, -0.15) is 0 Å². The Bertz CT molecular complexity index is 489. The van der Waals surface area contributed by atoms with Crippen molar-refractivity contribution in [3.8, 4) is 5.75 Å². The van der Waals surface area contributed by atoms with E-state index in [9.17, 15) is 4.79 Å². The van der Waals surface area contributed by atoms with E-state index in [4.69, 9.17) is 16.3 Å². The van der Waals surface area contributed by atoms with Crippen LogP contribution < -0.4 is 15.0 Å². The third kappa shape index (κ3) is 3.87. The van der Waals surface area contributed by atoms with Gasteiger partial charge in [-0.15, -0.1) is 0 Å². The first-order valence-corrected chi connectivity index (χ1v) is 7.34. The van der Waals surface area contributed by atoms with Crippen LogP contribution in [0.25, 0.3) is 0 Å². The fourth-order valence-corrected chi connectivity index (χ4v) is 2.31.